The Morgan fingerprint density at radius 1 is 1.04 bits per heavy atom. The average Bonchev–Trinajstić information content (AvgIpc) is 3.41. The van der Waals surface area contributed by atoms with Gasteiger partial charge in [-0.3, -0.25) is 14.4 Å². The number of ketones is 1. The van der Waals surface area contributed by atoms with Crippen molar-refractivity contribution in [1.29, 1.82) is 0 Å². The molecular formula is C21H19F2NO4. The van der Waals surface area contributed by atoms with Crippen molar-refractivity contribution in [1.82, 2.24) is 5.32 Å². The fourth-order valence-electron chi connectivity index (χ4n) is 3.20. The van der Waals surface area contributed by atoms with Crippen LogP contribution in [0.5, 0.6) is 0 Å². The number of carboxylic acid groups (broad SMARTS) is 1. The Labute approximate surface area is 160 Å². The molecule has 1 saturated carbocycles. The van der Waals surface area contributed by atoms with Crippen molar-refractivity contribution in [2.24, 2.45) is 5.92 Å². The highest BCUT2D eigenvalue weighted by Crippen LogP contribution is 2.47. The third kappa shape index (κ3) is 3.78. The number of Topliss-reactive ketones (excluding diaryl/α,β-unsaturated/α-hetero) is 1. The highest BCUT2D eigenvalue weighted by atomic mass is 19.1. The first-order valence-corrected chi connectivity index (χ1v) is 8.76. The maximum atomic E-state index is 13.8. The van der Waals surface area contributed by atoms with E-state index in [4.69, 9.17) is 5.11 Å². The maximum absolute atomic E-state index is 13.8. The van der Waals surface area contributed by atoms with E-state index in [1.807, 2.05) is 0 Å². The van der Waals surface area contributed by atoms with E-state index in [-0.39, 0.29) is 5.92 Å². The van der Waals surface area contributed by atoms with Gasteiger partial charge in [0.1, 0.15) is 17.2 Å². The lowest BCUT2D eigenvalue weighted by atomic mass is 9.91. The predicted molar refractivity (Wildman–Crippen MR) is 97.2 cm³/mol. The van der Waals surface area contributed by atoms with Crippen LogP contribution in [0.1, 0.15) is 52.5 Å². The zero-order valence-electron chi connectivity index (χ0n) is 15.3. The van der Waals surface area contributed by atoms with Crippen LogP contribution >= 0.6 is 0 Å². The van der Waals surface area contributed by atoms with E-state index in [9.17, 15) is 23.2 Å². The van der Waals surface area contributed by atoms with Gasteiger partial charge in [0.15, 0.2) is 5.78 Å². The molecule has 5 nitrogen and oxygen atoms in total. The van der Waals surface area contributed by atoms with E-state index in [1.54, 1.807) is 24.3 Å². The molecule has 2 N–H and O–H groups in total. The van der Waals surface area contributed by atoms with Gasteiger partial charge in [-0.05, 0) is 43.9 Å². The van der Waals surface area contributed by atoms with Crippen molar-refractivity contribution >= 4 is 17.7 Å². The van der Waals surface area contributed by atoms with Gasteiger partial charge < -0.3 is 10.4 Å². The Bertz CT molecular complexity index is 933. The lowest BCUT2D eigenvalue weighted by molar-refractivity contribution is -0.138. The third-order valence-electron chi connectivity index (χ3n) is 4.89. The normalized spacial score (nSPS) is 18.4. The Kier molecular flexibility index (Phi) is 5.02. The van der Waals surface area contributed by atoms with Gasteiger partial charge in [-0.2, -0.15) is 0 Å². The zero-order valence-corrected chi connectivity index (χ0v) is 15.3. The molecule has 2 unspecified atom stereocenters. The summed E-state index contributed by atoms with van der Waals surface area (Å²) in [6.45, 7) is 2.89. The fraction of sp³-hybridized carbons (Fsp3) is 0.286. The molecular weight excluding hydrogens is 368 g/mol. The number of aliphatic carboxylic acids is 1. The minimum Gasteiger partial charge on any atom is -0.481 e. The van der Waals surface area contributed by atoms with E-state index in [0.29, 0.717) is 12.0 Å². The van der Waals surface area contributed by atoms with Gasteiger partial charge in [-0.1, -0.05) is 30.3 Å². The quantitative estimate of drug-likeness (QED) is 0.743. The summed E-state index contributed by atoms with van der Waals surface area (Å²) in [4.78, 5) is 36.0. The van der Waals surface area contributed by atoms with Crippen molar-refractivity contribution < 1.29 is 28.3 Å². The van der Waals surface area contributed by atoms with Gasteiger partial charge in [0.05, 0.1) is 11.5 Å². The van der Waals surface area contributed by atoms with E-state index < -0.39 is 46.3 Å². The Morgan fingerprint density at radius 2 is 1.61 bits per heavy atom. The molecule has 1 amide bonds. The molecule has 0 radical (unpaired) electrons. The van der Waals surface area contributed by atoms with E-state index in [2.05, 4.69) is 5.32 Å². The number of rotatable bonds is 6. The summed E-state index contributed by atoms with van der Waals surface area (Å²) in [5, 5.41) is 11.4. The molecule has 2 atom stereocenters. The highest BCUT2D eigenvalue weighted by Gasteiger charge is 2.44. The highest BCUT2D eigenvalue weighted by molar-refractivity contribution is 6.06. The molecule has 0 saturated heterocycles. The van der Waals surface area contributed by atoms with E-state index in [0.717, 1.165) is 23.8 Å². The number of hydrogen-bond acceptors (Lipinski definition) is 3. The second-order valence-corrected chi connectivity index (χ2v) is 7.41. The first-order chi connectivity index (χ1) is 13.1. The van der Waals surface area contributed by atoms with Crippen LogP contribution in [0.2, 0.25) is 0 Å². The number of benzene rings is 2. The van der Waals surface area contributed by atoms with Crippen molar-refractivity contribution in [3.8, 4) is 0 Å². The smallest absolute Gasteiger partial charge is 0.307 e. The number of amides is 1. The molecule has 146 valence electrons. The van der Waals surface area contributed by atoms with Crippen molar-refractivity contribution in [3.05, 3.63) is 70.8 Å². The minimum atomic E-state index is -1.41. The summed E-state index contributed by atoms with van der Waals surface area (Å²) in [7, 11) is 0. The van der Waals surface area contributed by atoms with Crippen LogP contribution in [0.4, 0.5) is 8.78 Å². The number of carbonyl (C=O) groups is 3. The van der Waals surface area contributed by atoms with Crippen molar-refractivity contribution in [2.75, 3.05) is 0 Å². The molecule has 2 aromatic rings. The Hall–Kier alpha value is -3.09. The summed E-state index contributed by atoms with van der Waals surface area (Å²) in [6, 6.07) is 9.58. The molecule has 28 heavy (non-hydrogen) atoms. The topological polar surface area (TPSA) is 83.5 Å². The van der Waals surface area contributed by atoms with Gasteiger partial charge in [0.25, 0.3) is 5.91 Å². The monoisotopic (exact) mass is 387 g/mol. The maximum Gasteiger partial charge on any atom is 0.307 e. The van der Waals surface area contributed by atoms with Crippen molar-refractivity contribution in [2.45, 2.75) is 31.7 Å². The fourth-order valence-corrected chi connectivity index (χ4v) is 3.20. The molecule has 0 spiro atoms. The van der Waals surface area contributed by atoms with Gasteiger partial charge in [-0.15, -0.1) is 0 Å². The molecule has 1 aliphatic carbocycles. The van der Waals surface area contributed by atoms with Crippen LogP contribution < -0.4 is 5.32 Å². The van der Waals surface area contributed by atoms with Crippen molar-refractivity contribution in [3.63, 3.8) is 0 Å². The van der Waals surface area contributed by atoms with Gasteiger partial charge in [0.2, 0.25) is 0 Å². The molecule has 1 fully saturated rings. The second-order valence-electron chi connectivity index (χ2n) is 7.41. The molecule has 0 aliphatic heterocycles. The first kappa shape index (κ1) is 19.7. The summed E-state index contributed by atoms with van der Waals surface area (Å²) < 4.78 is 27.6. The number of hydrogen-bond donors (Lipinski definition) is 2. The van der Waals surface area contributed by atoms with E-state index in [1.165, 1.54) is 13.8 Å². The van der Waals surface area contributed by atoms with Crippen LogP contribution in [0.25, 0.3) is 0 Å². The molecule has 3 rings (SSSR count). The molecule has 0 heterocycles. The number of halogens is 2. The second kappa shape index (κ2) is 7.14. The average molecular weight is 387 g/mol. The van der Waals surface area contributed by atoms with Gasteiger partial charge in [0, 0.05) is 5.56 Å². The number of nitrogens with one attached hydrogen (secondary N) is 1. The van der Waals surface area contributed by atoms with Crippen LogP contribution in [-0.4, -0.2) is 28.3 Å². The standard InChI is InChI=1S/C21H19F2NO4/c1-21(2,24-19(26)17-15(22)4-3-5-16(17)23)18(25)12-8-6-11(7-9-12)13-10-14(13)20(27)28/h3-9,13-14H,10H2,1-2H3,(H,24,26)(H,27,28). The first-order valence-electron chi connectivity index (χ1n) is 8.76. The van der Waals surface area contributed by atoms with Gasteiger partial charge in [-0.25, -0.2) is 8.78 Å². The Balaban J connectivity index is 1.74. The van der Waals surface area contributed by atoms with Crippen LogP contribution in [0.15, 0.2) is 42.5 Å². The lowest BCUT2D eigenvalue weighted by Gasteiger charge is -2.25. The molecule has 0 aromatic heterocycles. The largest absolute Gasteiger partial charge is 0.481 e. The number of carboxylic acids is 1. The molecule has 2 aromatic carbocycles. The molecule has 0 bridgehead atoms. The lowest BCUT2D eigenvalue weighted by Crippen LogP contribution is -2.50. The summed E-state index contributed by atoms with van der Waals surface area (Å²) >= 11 is 0. The summed E-state index contributed by atoms with van der Waals surface area (Å²) in [5.74, 6) is -4.77. The molecule has 7 heteroatoms. The van der Waals surface area contributed by atoms with E-state index >= 15 is 0 Å². The van der Waals surface area contributed by atoms with Crippen LogP contribution in [0.3, 0.4) is 0 Å². The summed E-state index contributed by atoms with van der Waals surface area (Å²) in [6.07, 6.45) is 0.568. The minimum absolute atomic E-state index is 0.0570. The van der Waals surface area contributed by atoms with Crippen LogP contribution in [-0.2, 0) is 4.79 Å². The predicted octanol–water partition coefficient (Wildman–Crippen LogP) is 3.54. The molecule has 1 aliphatic rings. The van der Waals surface area contributed by atoms with Gasteiger partial charge >= 0.3 is 5.97 Å². The van der Waals surface area contributed by atoms with Crippen LogP contribution in [0, 0.1) is 17.6 Å². The SMILES string of the molecule is CC(C)(NC(=O)c1c(F)cccc1F)C(=O)c1ccc(C2CC2C(=O)O)cc1. The Morgan fingerprint density at radius 3 is 2.11 bits per heavy atom. The summed E-state index contributed by atoms with van der Waals surface area (Å²) in [5.41, 5.74) is -1.02. The zero-order chi connectivity index (χ0) is 20.6. The third-order valence-corrected chi connectivity index (χ3v) is 4.89. The number of carbonyl (C=O) groups excluding carboxylic acids is 2.